The van der Waals surface area contributed by atoms with E-state index in [0.29, 0.717) is 0 Å². The Balaban J connectivity index is 1.64. The Morgan fingerprint density at radius 2 is 1.89 bits per heavy atom. The van der Waals surface area contributed by atoms with Gasteiger partial charge >= 0.3 is 0 Å². The van der Waals surface area contributed by atoms with E-state index in [1.54, 1.807) is 6.20 Å². The van der Waals surface area contributed by atoms with Crippen molar-refractivity contribution in [2.45, 2.75) is 19.4 Å². The molecule has 0 spiro atoms. The van der Waals surface area contributed by atoms with Crippen LogP contribution in [0.3, 0.4) is 0 Å². The van der Waals surface area contributed by atoms with Gasteiger partial charge in [-0.25, -0.2) is 0 Å². The predicted molar refractivity (Wildman–Crippen MR) is 109 cm³/mol. The molecular weight excluding hydrogens is 336 g/mol. The Bertz CT molecular complexity index is 1040. The number of fused-ring (bicyclic) bond motifs is 1. The van der Waals surface area contributed by atoms with Gasteiger partial charge in [-0.1, -0.05) is 43.3 Å². The summed E-state index contributed by atoms with van der Waals surface area (Å²) >= 11 is 0. The van der Waals surface area contributed by atoms with Crippen molar-refractivity contribution in [3.63, 3.8) is 0 Å². The molecule has 0 saturated heterocycles. The van der Waals surface area contributed by atoms with E-state index >= 15 is 0 Å². The first-order valence-corrected chi connectivity index (χ1v) is 9.13. The number of hydrogen-bond acceptors (Lipinski definition) is 4. The van der Waals surface area contributed by atoms with Gasteiger partial charge in [0.1, 0.15) is 0 Å². The van der Waals surface area contributed by atoms with E-state index in [1.165, 1.54) is 0 Å². The van der Waals surface area contributed by atoms with Gasteiger partial charge in [-0.15, -0.1) is 0 Å². The molecule has 136 valence electrons. The summed E-state index contributed by atoms with van der Waals surface area (Å²) < 4.78 is 0. The Hall–Kier alpha value is -3.18. The average molecular weight is 358 g/mol. The number of H-pyrrole nitrogens is 1. The number of hydrogen-bond donors (Lipinski definition) is 3. The predicted octanol–water partition coefficient (Wildman–Crippen LogP) is 4.33. The van der Waals surface area contributed by atoms with Crippen molar-refractivity contribution in [2.24, 2.45) is 0 Å². The summed E-state index contributed by atoms with van der Waals surface area (Å²) in [5, 5.41) is 21.8. The number of aromatic amines is 1. The molecule has 2 heterocycles. The molecule has 1 atom stereocenters. The van der Waals surface area contributed by atoms with Crippen LogP contribution in [0.4, 0.5) is 5.69 Å². The molecule has 0 saturated carbocycles. The highest BCUT2D eigenvalue weighted by Crippen LogP contribution is 2.28. The molecule has 2 aromatic heterocycles. The maximum Gasteiger partial charge on any atom is 0.0745 e. The molecule has 0 aliphatic rings. The zero-order valence-corrected chi connectivity index (χ0v) is 15.2. The highest BCUT2D eigenvalue weighted by atomic mass is 16.3. The number of nitrogens with one attached hydrogen (secondary N) is 2. The normalized spacial score (nSPS) is 12.2. The van der Waals surface area contributed by atoms with Gasteiger partial charge in [0.05, 0.1) is 29.5 Å². The maximum absolute atomic E-state index is 9.79. The van der Waals surface area contributed by atoms with E-state index < -0.39 is 0 Å². The van der Waals surface area contributed by atoms with Crippen LogP contribution >= 0.6 is 0 Å². The molecule has 0 aliphatic heterocycles. The van der Waals surface area contributed by atoms with Gasteiger partial charge < -0.3 is 10.4 Å². The monoisotopic (exact) mass is 358 g/mol. The number of aliphatic hydroxyl groups is 1. The highest BCUT2D eigenvalue weighted by molar-refractivity contribution is 5.86. The Labute approximate surface area is 158 Å². The molecule has 4 aromatic rings. The van der Waals surface area contributed by atoms with Crippen LogP contribution in [0.1, 0.15) is 24.2 Å². The molecule has 0 aliphatic carbocycles. The molecule has 5 heteroatoms. The lowest BCUT2D eigenvalue weighted by Gasteiger charge is -2.18. The van der Waals surface area contributed by atoms with Crippen LogP contribution in [0.2, 0.25) is 0 Å². The van der Waals surface area contributed by atoms with Crippen LogP contribution < -0.4 is 5.32 Å². The van der Waals surface area contributed by atoms with Crippen LogP contribution in [-0.4, -0.2) is 26.9 Å². The van der Waals surface area contributed by atoms with Gasteiger partial charge in [-0.05, 0) is 35.7 Å². The summed E-state index contributed by atoms with van der Waals surface area (Å²) in [6, 6.07) is 18.1. The third-order valence-electron chi connectivity index (χ3n) is 4.77. The van der Waals surface area contributed by atoms with E-state index in [9.17, 15) is 5.11 Å². The van der Waals surface area contributed by atoms with E-state index in [-0.39, 0.29) is 12.6 Å². The van der Waals surface area contributed by atoms with E-state index in [2.05, 4.69) is 51.7 Å². The van der Waals surface area contributed by atoms with Crippen LogP contribution in [0.25, 0.3) is 22.0 Å². The van der Waals surface area contributed by atoms with E-state index in [1.807, 2.05) is 36.5 Å². The summed E-state index contributed by atoms with van der Waals surface area (Å²) in [7, 11) is 0. The minimum atomic E-state index is -0.175. The molecule has 0 bridgehead atoms. The van der Waals surface area contributed by atoms with Crippen molar-refractivity contribution in [1.82, 2.24) is 15.2 Å². The van der Waals surface area contributed by atoms with Crippen LogP contribution in [-0.2, 0) is 6.42 Å². The molecule has 0 radical (unpaired) electrons. The quantitative estimate of drug-likeness (QED) is 0.479. The third kappa shape index (κ3) is 3.55. The summed E-state index contributed by atoms with van der Waals surface area (Å²) in [5.74, 6) is 0. The van der Waals surface area contributed by atoms with Crippen molar-refractivity contribution in [3.05, 3.63) is 78.2 Å². The van der Waals surface area contributed by atoms with Gasteiger partial charge in [-0.2, -0.15) is 5.10 Å². The first kappa shape index (κ1) is 17.2. The van der Waals surface area contributed by atoms with Crippen molar-refractivity contribution in [3.8, 4) is 11.1 Å². The fraction of sp³-hybridized carbons (Fsp3) is 0.182. The van der Waals surface area contributed by atoms with Crippen LogP contribution in [0.5, 0.6) is 0 Å². The standard InChI is InChI=1S/C22H22N4O/c1-2-20-19-11-16(8-9-21(19)26-25-20)17-10-18(13-23-12-17)24-22(14-27)15-6-4-3-5-7-15/h3-13,22,24,27H,2,14H2,1H3,(H,25,26). The molecular formula is C22H22N4O. The fourth-order valence-electron chi connectivity index (χ4n) is 3.32. The average Bonchev–Trinajstić information content (AvgIpc) is 3.15. The minimum absolute atomic E-state index is 0.00901. The molecule has 0 amide bonds. The summed E-state index contributed by atoms with van der Waals surface area (Å²) in [5.41, 5.74) is 6.14. The number of rotatable bonds is 6. The Morgan fingerprint density at radius 1 is 1.04 bits per heavy atom. The summed E-state index contributed by atoms with van der Waals surface area (Å²) in [6.07, 6.45) is 4.52. The molecule has 5 nitrogen and oxygen atoms in total. The van der Waals surface area contributed by atoms with E-state index in [4.69, 9.17) is 0 Å². The second kappa shape index (κ2) is 7.60. The third-order valence-corrected chi connectivity index (χ3v) is 4.77. The van der Waals surface area contributed by atoms with E-state index in [0.717, 1.165) is 45.4 Å². The van der Waals surface area contributed by atoms with Crippen LogP contribution in [0.15, 0.2) is 67.0 Å². The SMILES string of the molecule is CCc1n[nH]c2ccc(-c3cncc(NC(CO)c4ccccc4)c3)cc12. The first-order valence-electron chi connectivity index (χ1n) is 9.13. The lowest BCUT2D eigenvalue weighted by molar-refractivity contribution is 0.276. The lowest BCUT2D eigenvalue weighted by atomic mass is 10.0. The Morgan fingerprint density at radius 3 is 2.67 bits per heavy atom. The number of aliphatic hydroxyl groups excluding tert-OH is 1. The topological polar surface area (TPSA) is 73.8 Å². The fourth-order valence-corrected chi connectivity index (χ4v) is 3.32. The number of pyridine rings is 1. The Kier molecular flexibility index (Phi) is 4.85. The minimum Gasteiger partial charge on any atom is -0.394 e. The number of nitrogens with zero attached hydrogens (tertiary/aromatic N) is 2. The van der Waals surface area contributed by atoms with Crippen molar-refractivity contribution >= 4 is 16.6 Å². The van der Waals surface area contributed by atoms with Crippen molar-refractivity contribution in [1.29, 1.82) is 0 Å². The molecule has 4 rings (SSSR count). The zero-order chi connectivity index (χ0) is 18.6. The smallest absolute Gasteiger partial charge is 0.0745 e. The number of benzene rings is 2. The van der Waals surface area contributed by atoms with Gasteiger partial charge in [0.2, 0.25) is 0 Å². The second-order valence-corrected chi connectivity index (χ2v) is 6.54. The van der Waals surface area contributed by atoms with Gasteiger partial charge in [0.25, 0.3) is 0 Å². The molecule has 0 fully saturated rings. The summed E-state index contributed by atoms with van der Waals surface area (Å²) in [4.78, 5) is 4.38. The maximum atomic E-state index is 9.79. The molecule has 2 aromatic carbocycles. The first-order chi connectivity index (χ1) is 13.3. The zero-order valence-electron chi connectivity index (χ0n) is 15.2. The van der Waals surface area contributed by atoms with Crippen LogP contribution in [0, 0.1) is 0 Å². The molecule has 1 unspecified atom stereocenters. The van der Waals surface area contributed by atoms with Gasteiger partial charge in [0, 0.05) is 23.3 Å². The second-order valence-electron chi connectivity index (χ2n) is 6.54. The van der Waals surface area contributed by atoms with Gasteiger partial charge in [0.15, 0.2) is 0 Å². The van der Waals surface area contributed by atoms with Gasteiger partial charge in [-0.3, -0.25) is 10.1 Å². The largest absolute Gasteiger partial charge is 0.394 e. The number of anilines is 1. The highest BCUT2D eigenvalue weighted by Gasteiger charge is 2.11. The summed E-state index contributed by atoms with van der Waals surface area (Å²) in [6.45, 7) is 2.11. The number of aryl methyl sites for hydroxylation is 1. The molecule has 27 heavy (non-hydrogen) atoms. The lowest BCUT2D eigenvalue weighted by Crippen LogP contribution is -2.14. The molecule has 3 N–H and O–H groups in total. The van der Waals surface area contributed by atoms with Crippen molar-refractivity contribution in [2.75, 3.05) is 11.9 Å². The van der Waals surface area contributed by atoms with Crippen molar-refractivity contribution < 1.29 is 5.11 Å². The number of aromatic nitrogens is 3.